The summed E-state index contributed by atoms with van der Waals surface area (Å²) in [6.07, 6.45) is 0.571. The van der Waals surface area contributed by atoms with E-state index in [0.717, 1.165) is 9.13 Å². The smallest absolute Gasteiger partial charge is 0.258 e. The summed E-state index contributed by atoms with van der Waals surface area (Å²) in [6.45, 7) is 0.472. The quantitative estimate of drug-likeness (QED) is 0.873. The van der Waals surface area contributed by atoms with Crippen LogP contribution in [0.3, 0.4) is 0 Å². The maximum atomic E-state index is 12.9. The normalized spacial score (nSPS) is 10.7. The summed E-state index contributed by atoms with van der Waals surface area (Å²) < 4.78 is 18.7. The standard InChI is InChI=1S/C10H9FIN3O/c11-6-1-2-7(8(12)5-6)10-14-9(3-4-13)15-16-10/h1-2,5H,3-4,13H2. The van der Waals surface area contributed by atoms with Gasteiger partial charge in [0.1, 0.15) is 5.82 Å². The van der Waals surface area contributed by atoms with E-state index in [0.29, 0.717) is 24.7 Å². The Morgan fingerprint density at radius 2 is 2.25 bits per heavy atom. The van der Waals surface area contributed by atoms with Crippen molar-refractivity contribution in [2.24, 2.45) is 5.73 Å². The molecule has 0 saturated heterocycles. The van der Waals surface area contributed by atoms with Gasteiger partial charge in [-0.3, -0.25) is 0 Å². The second-order valence-electron chi connectivity index (χ2n) is 3.18. The van der Waals surface area contributed by atoms with E-state index in [2.05, 4.69) is 10.1 Å². The Bertz CT molecular complexity index is 501. The van der Waals surface area contributed by atoms with Crippen molar-refractivity contribution in [3.05, 3.63) is 33.4 Å². The van der Waals surface area contributed by atoms with Gasteiger partial charge in [0.2, 0.25) is 0 Å². The Hall–Kier alpha value is -1.02. The molecule has 2 rings (SSSR count). The van der Waals surface area contributed by atoms with Crippen LogP contribution in [0.15, 0.2) is 22.7 Å². The molecule has 0 spiro atoms. The monoisotopic (exact) mass is 333 g/mol. The molecule has 2 aromatic rings. The number of hydrogen-bond acceptors (Lipinski definition) is 4. The molecule has 0 aliphatic rings. The van der Waals surface area contributed by atoms with Crippen LogP contribution in [0.1, 0.15) is 5.82 Å². The molecule has 0 fully saturated rings. The number of rotatable bonds is 3. The summed E-state index contributed by atoms with van der Waals surface area (Å²) in [4.78, 5) is 4.18. The highest BCUT2D eigenvalue weighted by Crippen LogP contribution is 2.24. The minimum Gasteiger partial charge on any atom is -0.334 e. The van der Waals surface area contributed by atoms with Gasteiger partial charge in [0, 0.05) is 9.99 Å². The Kier molecular flexibility index (Phi) is 3.49. The zero-order chi connectivity index (χ0) is 11.5. The Morgan fingerprint density at radius 1 is 1.44 bits per heavy atom. The first-order valence-corrected chi connectivity index (χ1v) is 5.76. The number of benzene rings is 1. The van der Waals surface area contributed by atoms with Crippen molar-refractivity contribution < 1.29 is 8.91 Å². The average Bonchev–Trinajstić information content (AvgIpc) is 2.67. The van der Waals surface area contributed by atoms with Crippen molar-refractivity contribution in [1.29, 1.82) is 0 Å². The van der Waals surface area contributed by atoms with Crippen LogP contribution in [0.2, 0.25) is 0 Å². The molecular formula is C10H9FIN3O. The third kappa shape index (κ3) is 2.38. The number of nitrogens with two attached hydrogens (primary N) is 1. The highest BCUT2D eigenvalue weighted by Gasteiger charge is 2.11. The van der Waals surface area contributed by atoms with Gasteiger partial charge in [-0.05, 0) is 47.3 Å². The van der Waals surface area contributed by atoms with E-state index < -0.39 is 0 Å². The van der Waals surface area contributed by atoms with E-state index in [9.17, 15) is 4.39 Å². The molecule has 1 heterocycles. The number of halogens is 2. The van der Waals surface area contributed by atoms with Gasteiger partial charge in [-0.2, -0.15) is 4.98 Å². The predicted molar refractivity (Wildman–Crippen MR) is 65.2 cm³/mol. The summed E-state index contributed by atoms with van der Waals surface area (Å²) in [5.41, 5.74) is 6.12. The zero-order valence-electron chi connectivity index (χ0n) is 8.28. The predicted octanol–water partition coefficient (Wildman–Crippen LogP) is 1.98. The maximum Gasteiger partial charge on any atom is 0.258 e. The Labute approximate surface area is 105 Å². The molecule has 0 amide bonds. The summed E-state index contributed by atoms with van der Waals surface area (Å²) in [6, 6.07) is 4.41. The van der Waals surface area contributed by atoms with Crippen LogP contribution < -0.4 is 5.73 Å². The van der Waals surface area contributed by atoms with E-state index >= 15 is 0 Å². The van der Waals surface area contributed by atoms with E-state index in [-0.39, 0.29) is 5.82 Å². The van der Waals surface area contributed by atoms with Crippen LogP contribution in [-0.4, -0.2) is 16.7 Å². The number of hydrogen-bond donors (Lipinski definition) is 1. The van der Waals surface area contributed by atoms with Gasteiger partial charge in [0.25, 0.3) is 5.89 Å². The molecule has 0 aliphatic heterocycles. The second-order valence-corrected chi connectivity index (χ2v) is 4.34. The third-order valence-corrected chi connectivity index (χ3v) is 2.89. The fraction of sp³-hybridized carbons (Fsp3) is 0.200. The molecule has 0 saturated carbocycles. The highest BCUT2D eigenvalue weighted by molar-refractivity contribution is 14.1. The first-order chi connectivity index (χ1) is 7.70. The number of nitrogens with zero attached hydrogens (tertiary/aromatic N) is 2. The van der Waals surface area contributed by atoms with Crippen molar-refractivity contribution in [1.82, 2.24) is 10.1 Å². The highest BCUT2D eigenvalue weighted by atomic mass is 127. The molecule has 1 aromatic heterocycles. The molecule has 6 heteroatoms. The molecule has 84 valence electrons. The fourth-order valence-corrected chi connectivity index (χ4v) is 1.96. The molecule has 1 aromatic carbocycles. The van der Waals surface area contributed by atoms with Gasteiger partial charge >= 0.3 is 0 Å². The van der Waals surface area contributed by atoms with Crippen LogP contribution in [-0.2, 0) is 6.42 Å². The lowest BCUT2D eigenvalue weighted by Crippen LogP contribution is -2.03. The second kappa shape index (κ2) is 4.88. The first kappa shape index (κ1) is 11.5. The molecule has 4 nitrogen and oxygen atoms in total. The Morgan fingerprint density at radius 3 is 2.94 bits per heavy atom. The summed E-state index contributed by atoms with van der Waals surface area (Å²) >= 11 is 2.03. The molecular weight excluding hydrogens is 324 g/mol. The van der Waals surface area contributed by atoms with Gasteiger partial charge in [-0.15, -0.1) is 0 Å². The summed E-state index contributed by atoms with van der Waals surface area (Å²) in [5, 5.41) is 3.78. The fourth-order valence-electron chi connectivity index (χ4n) is 1.26. The van der Waals surface area contributed by atoms with E-state index in [4.69, 9.17) is 10.3 Å². The Balaban J connectivity index is 2.35. The van der Waals surface area contributed by atoms with E-state index in [1.807, 2.05) is 22.6 Å². The van der Waals surface area contributed by atoms with Crippen LogP contribution in [0.25, 0.3) is 11.5 Å². The number of aromatic nitrogens is 2. The molecule has 2 N–H and O–H groups in total. The van der Waals surface area contributed by atoms with Gasteiger partial charge < -0.3 is 10.3 Å². The van der Waals surface area contributed by atoms with Crippen LogP contribution in [0.4, 0.5) is 4.39 Å². The van der Waals surface area contributed by atoms with Crippen LogP contribution in [0, 0.1) is 9.39 Å². The topological polar surface area (TPSA) is 64.9 Å². The van der Waals surface area contributed by atoms with Crippen molar-refractivity contribution in [2.45, 2.75) is 6.42 Å². The molecule has 0 atom stereocenters. The minimum absolute atomic E-state index is 0.283. The SMILES string of the molecule is NCCc1noc(-c2ccc(F)cc2I)n1. The molecule has 0 radical (unpaired) electrons. The van der Waals surface area contributed by atoms with Crippen LogP contribution >= 0.6 is 22.6 Å². The van der Waals surface area contributed by atoms with Crippen molar-refractivity contribution in [3.63, 3.8) is 0 Å². The molecule has 16 heavy (non-hydrogen) atoms. The van der Waals surface area contributed by atoms with Crippen molar-refractivity contribution in [2.75, 3.05) is 6.54 Å². The van der Waals surface area contributed by atoms with Crippen molar-refractivity contribution >= 4 is 22.6 Å². The lowest BCUT2D eigenvalue weighted by atomic mass is 10.2. The average molecular weight is 333 g/mol. The molecule has 0 bridgehead atoms. The molecule has 0 unspecified atom stereocenters. The van der Waals surface area contributed by atoms with Gasteiger partial charge in [-0.25, -0.2) is 4.39 Å². The summed E-state index contributed by atoms with van der Waals surface area (Å²) in [5.74, 6) is 0.681. The lowest BCUT2D eigenvalue weighted by molar-refractivity contribution is 0.422. The van der Waals surface area contributed by atoms with Crippen LogP contribution in [0.5, 0.6) is 0 Å². The summed E-state index contributed by atoms with van der Waals surface area (Å²) in [7, 11) is 0. The van der Waals surface area contributed by atoms with Crippen molar-refractivity contribution in [3.8, 4) is 11.5 Å². The zero-order valence-corrected chi connectivity index (χ0v) is 10.4. The third-order valence-electron chi connectivity index (χ3n) is 2.00. The van der Waals surface area contributed by atoms with Gasteiger partial charge in [-0.1, -0.05) is 5.16 Å². The van der Waals surface area contributed by atoms with E-state index in [1.54, 1.807) is 6.07 Å². The molecule has 0 aliphatic carbocycles. The van der Waals surface area contributed by atoms with Gasteiger partial charge in [0.05, 0.1) is 5.56 Å². The van der Waals surface area contributed by atoms with E-state index in [1.165, 1.54) is 12.1 Å². The first-order valence-electron chi connectivity index (χ1n) is 4.69. The minimum atomic E-state index is -0.283. The largest absolute Gasteiger partial charge is 0.334 e. The van der Waals surface area contributed by atoms with Gasteiger partial charge in [0.15, 0.2) is 5.82 Å². The maximum absolute atomic E-state index is 12.9. The lowest BCUT2D eigenvalue weighted by Gasteiger charge is -1.97.